The Morgan fingerprint density at radius 3 is 3.15 bits per heavy atom. The summed E-state index contributed by atoms with van der Waals surface area (Å²) in [5.41, 5.74) is 2.97. The summed E-state index contributed by atoms with van der Waals surface area (Å²) in [4.78, 5) is 14.9. The van der Waals surface area contributed by atoms with Crippen LogP contribution in [0.4, 0.5) is 5.69 Å². The molecule has 0 radical (unpaired) electrons. The number of carbonyl (C=O) groups is 1. The standard InChI is InChI=1S/C10H10N2O/c1-7-3-2-4-8-9(5-13)11-6-12-10(7)8/h2-6,9H,1H3,(H,11,12). The molecule has 0 bridgehead atoms. The molecule has 0 spiro atoms. The van der Waals surface area contributed by atoms with E-state index in [1.165, 1.54) is 0 Å². The summed E-state index contributed by atoms with van der Waals surface area (Å²) in [6.45, 7) is 1.99. The first-order valence-corrected chi connectivity index (χ1v) is 4.16. The van der Waals surface area contributed by atoms with Crippen molar-refractivity contribution in [2.24, 2.45) is 4.99 Å². The summed E-state index contributed by atoms with van der Waals surface area (Å²) in [6, 6.07) is 5.61. The number of aldehydes is 1. The van der Waals surface area contributed by atoms with E-state index in [-0.39, 0.29) is 6.04 Å². The minimum absolute atomic E-state index is 0.243. The van der Waals surface area contributed by atoms with Gasteiger partial charge in [-0.2, -0.15) is 0 Å². The van der Waals surface area contributed by atoms with Crippen molar-refractivity contribution < 1.29 is 4.79 Å². The zero-order valence-corrected chi connectivity index (χ0v) is 7.32. The van der Waals surface area contributed by atoms with Gasteiger partial charge < -0.3 is 10.1 Å². The molecule has 1 N–H and O–H groups in total. The molecule has 1 aromatic carbocycles. The molecule has 3 nitrogen and oxygen atoms in total. The summed E-state index contributed by atoms with van der Waals surface area (Å²) in [7, 11) is 0. The van der Waals surface area contributed by atoms with Crippen LogP contribution in [0, 0.1) is 6.92 Å². The van der Waals surface area contributed by atoms with Gasteiger partial charge in [0.25, 0.3) is 0 Å². The molecule has 1 aromatic rings. The van der Waals surface area contributed by atoms with Gasteiger partial charge in [-0.3, -0.25) is 0 Å². The summed E-state index contributed by atoms with van der Waals surface area (Å²) in [5, 5.41) is 2.89. The molecule has 0 saturated carbocycles. The number of hydrogen-bond acceptors (Lipinski definition) is 3. The second kappa shape index (κ2) is 3.01. The fourth-order valence-electron chi connectivity index (χ4n) is 1.49. The molecule has 3 heteroatoms. The fourth-order valence-corrected chi connectivity index (χ4v) is 1.49. The van der Waals surface area contributed by atoms with Crippen LogP contribution < -0.4 is 5.32 Å². The third-order valence-corrected chi connectivity index (χ3v) is 2.19. The number of aliphatic imine (C=N–C) groups is 1. The zero-order valence-electron chi connectivity index (χ0n) is 7.32. The van der Waals surface area contributed by atoms with Gasteiger partial charge in [-0.15, -0.1) is 0 Å². The van der Waals surface area contributed by atoms with Crippen molar-refractivity contribution in [1.82, 2.24) is 5.32 Å². The highest BCUT2D eigenvalue weighted by atomic mass is 16.1. The molecule has 1 aliphatic rings. The number of hydrogen-bond donors (Lipinski definition) is 1. The number of para-hydroxylation sites is 1. The molecule has 1 unspecified atom stereocenters. The highest BCUT2D eigenvalue weighted by molar-refractivity contribution is 5.78. The second-order valence-electron chi connectivity index (χ2n) is 3.05. The van der Waals surface area contributed by atoms with E-state index in [0.717, 1.165) is 23.1 Å². The lowest BCUT2D eigenvalue weighted by molar-refractivity contribution is -0.109. The molecule has 0 aromatic heterocycles. The molecular weight excluding hydrogens is 164 g/mol. The number of rotatable bonds is 1. The number of benzene rings is 1. The van der Waals surface area contributed by atoms with Crippen LogP contribution in [0.1, 0.15) is 17.2 Å². The Labute approximate surface area is 76.5 Å². The van der Waals surface area contributed by atoms with E-state index < -0.39 is 0 Å². The zero-order chi connectivity index (χ0) is 9.26. The van der Waals surface area contributed by atoms with Crippen molar-refractivity contribution in [3.8, 4) is 0 Å². The Bertz CT molecular complexity index is 371. The molecule has 2 rings (SSSR count). The van der Waals surface area contributed by atoms with Crippen molar-refractivity contribution in [3.63, 3.8) is 0 Å². The predicted molar refractivity (Wildman–Crippen MR) is 51.3 cm³/mol. The van der Waals surface area contributed by atoms with E-state index in [1.807, 2.05) is 25.1 Å². The third kappa shape index (κ3) is 1.22. The average molecular weight is 174 g/mol. The molecule has 13 heavy (non-hydrogen) atoms. The third-order valence-electron chi connectivity index (χ3n) is 2.19. The Balaban J connectivity index is 2.59. The molecular formula is C10H10N2O. The summed E-state index contributed by atoms with van der Waals surface area (Å²) < 4.78 is 0. The minimum Gasteiger partial charge on any atom is -0.363 e. The van der Waals surface area contributed by atoms with Gasteiger partial charge in [-0.1, -0.05) is 18.2 Å². The van der Waals surface area contributed by atoms with Crippen LogP contribution in [-0.4, -0.2) is 12.6 Å². The molecule has 0 fully saturated rings. The van der Waals surface area contributed by atoms with Crippen LogP contribution >= 0.6 is 0 Å². The lowest BCUT2D eigenvalue weighted by atomic mass is 10.0. The van der Waals surface area contributed by atoms with Crippen LogP contribution in [-0.2, 0) is 4.79 Å². The Kier molecular flexibility index (Phi) is 1.85. The lowest BCUT2D eigenvalue weighted by Gasteiger charge is -2.18. The molecule has 0 amide bonds. The Morgan fingerprint density at radius 2 is 2.38 bits per heavy atom. The topological polar surface area (TPSA) is 41.5 Å². The number of nitrogens with zero attached hydrogens (tertiary/aromatic N) is 1. The van der Waals surface area contributed by atoms with Crippen molar-refractivity contribution in [2.45, 2.75) is 13.0 Å². The first kappa shape index (κ1) is 7.98. The maximum Gasteiger partial charge on any atom is 0.146 e. The van der Waals surface area contributed by atoms with E-state index in [9.17, 15) is 4.79 Å². The van der Waals surface area contributed by atoms with E-state index >= 15 is 0 Å². The number of nitrogens with one attached hydrogen (secondary N) is 1. The van der Waals surface area contributed by atoms with Crippen LogP contribution in [0.2, 0.25) is 0 Å². The summed E-state index contributed by atoms with van der Waals surface area (Å²) in [5.74, 6) is 0. The van der Waals surface area contributed by atoms with Gasteiger partial charge >= 0.3 is 0 Å². The molecule has 0 aliphatic carbocycles. The largest absolute Gasteiger partial charge is 0.363 e. The van der Waals surface area contributed by atoms with E-state index in [2.05, 4.69) is 10.3 Å². The van der Waals surface area contributed by atoms with Gasteiger partial charge in [-0.05, 0) is 12.5 Å². The first-order chi connectivity index (χ1) is 6.33. The number of carbonyl (C=O) groups excluding carboxylic acids is 1. The highest BCUT2D eigenvalue weighted by Crippen LogP contribution is 2.29. The maximum absolute atomic E-state index is 10.7. The summed E-state index contributed by atoms with van der Waals surface area (Å²) >= 11 is 0. The van der Waals surface area contributed by atoms with Crippen molar-refractivity contribution in [2.75, 3.05) is 0 Å². The van der Waals surface area contributed by atoms with E-state index in [1.54, 1.807) is 6.34 Å². The van der Waals surface area contributed by atoms with Crippen LogP contribution in [0.15, 0.2) is 23.2 Å². The monoisotopic (exact) mass is 174 g/mol. The van der Waals surface area contributed by atoms with E-state index in [0.29, 0.717) is 0 Å². The number of aryl methyl sites for hydroxylation is 1. The van der Waals surface area contributed by atoms with Crippen molar-refractivity contribution in [3.05, 3.63) is 29.3 Å². The van der Waals surface area contributed by atoms with E-state index in [4.69, 9.17) is 0 Å². The van der Waals surface area contributed by atoms with Crippen LogP contribution in [0.3, 0.4) is 0 Å². The van der Waals surface area contributed by atoms with Gasteiger partial charge in [0, 0.05) is 5.56 Å². The quantitative estimate of drug-likeness (QED) is 0.655. The lowest BCUT2D eigenvalue weighted by Crippen LogP contribution is -2.23. The normalized spacial score (nSPS) is 19.0. The van der Waals surface area contributed by atoms with Crippen LogP contribution in [0.25, 0.3) is 0 Å². The minimum atomic E-state index is -0.243. The van der Waals surface area contributed by atoms with Gasteiger partial charge in [0.15, 0.2) is 0 Å². The van der Waals surface area contributed by atoms with Crippen molar-refractivity contribution in [1.29, 1.82) is 0 Å². The second-order valence-corrected chi connectivity index (χ2v) is 3.05. The summed E-state index contributed by atoms with van der Waals surface area (Å²) in [6.07, 6.45) is 2.47. The smallest absolute Gasteiger partial charge is 0.146 e. The van der Waals surface area contributed by atoms with Crippen LogP contribution in [0.5, 0.6) is 0 Å². The molecule has 0 saturated heterocycles. The average Bonchev–Trinajstić information content (AvgIpc) is 2.18. The van der Waals surface area contributed by atoms with Gasteiger partial charge in [0.05, 0.1) is 12.0 Å². The molecule has 66 valence electrons. The first-order valence-electron chi connectivity index (χ1n) is 4.16. The fraction of sp³-hybridized carbons (Fsp3) is 0.200. The molecule has 1 aliphatic heterocycles. The maximum atomic E-state index is 10.7. The molecule has 1 heterocycles. The van der Waals surface area contributed by atoms with Gasteiger partial charge in [-0.25, -0.2) is 4.99 Å². The predicted octanol–water partition coefficient (Wildman–Crippen LogP) is 1.50. The number of fused-ring (bicyclic) bond motifs is 1. The van der Waals surface area contributed by atoms with Crippen molar-refractivity contribution >= 4 is 18.3 Å². The SMILES string of the molecule is Cc1cccc2c1N=CNC2C=O. The highest BCUT2D eigenvalue weighted by Gasteiger charge is 2.16. The van der Waals surface area contributed by atoms with Gasteiger partial charge in [0.2, 0.25) is 0 Å². The van der Waals surface area contributed by atoms with Gasteiger partial charge in [0.1, 0.15) is 12.3 Å². The molecule has 1 atom stereocenters. The Morgan fingerprint density at radius 1 is 1.54 bits per heavy atom. The Hall–Kier alpha value is -1.64.